The molecule has 0 unspecified atom stereocenters. The molecule has 0 bridgehead atoms. The average molecular weight is 252 g/mol. The normalized spacial score (nSPS) is 15.3. The summed E-state index contributed by atoms with van der Waals surface area (Å²) in [4.78, 5) is 0. The first-order valence-corrected chi connectivity index (χ1v) is 7.01. The van der Waals surface area contributed by atoms with Crippen molar-refractivity contribution in [1.82, 2.24) is 15.5 Å². The number of rotatable bonds is 9. The second kappa shape index (κ2) is 6.73. The third kappa shape index (κ3) is 5.04. The van der Waals surface area contributed by atoms with Gasteiger partial charge in [0.2, 0.25) is 5.89 Å². The van der Waals surface area contributed by atoms with E-state index in [1.807, 2.05) is 0 Å². The number of hydrogen-bond acceptors (Lipinski definition) is 5. The van der Waals surface area contributed by atoms with Crippen molar-refractivity contribution in [3.05, 3.63) is 5.89 Å². The molecule has 1 aromatic rings. The van der Waals surface area contributed by atoms with E-state index < -0.39 is 0 Å². The molecule has 0 atom stereocenters. The molecule has 2 N–H and O–H groups in total. The highest BCUT2D eigenvalue weighted by atomic mass is 16.4. The van der Waals surface area contributed by atoms with Crippen LogP contribution < -0.4 is 10.6 Å². The van der Waals surface area contributed by atoms with Crippen LogP contribution in [-0.4, -0.2) is 23.3 Å². The van der Waals surface area contributed by atoms with Gasteiger partial charge in [-0.1, -0.05) is 31.8 Å². The van der Waals surface area contributed by atoms with E-state index in [0.29, 0.717) is 24.4 Å². The van der Waals surface area contributed by atoms with Crippen LogP contribution in [0.15, 0.2) is 4.42 Å². The zero-order valence-corrected chi connectivity index (χ0v) is 11.4. The molecule has 1 aliphatic carbocycles. The van der Waals surface area contributed by atoms with Gasteiger partial charge in [0.1, 0.15) is 0 Å². The van der Waals surface area contributed by atoms with Crippen LogP contribution in [0.25, 0.3) is 0 Å². The first kappa shape index (κ1) is 13.3. The van der Waals surface area contributed by atoms with Gasteiger partial charge < -0.3 is 15.1 Å². The molecule has 1 saturated carbocycles. The van der Waals surface area contributed by atoms with Gasteiger partial charge in [0.05, 0.1) is 6.54 Å². The maximum atomic E-state index is 5.49. The first-order chi connectivity index (χ1) is 8.74. The Morgan fingerprint density at radius 2 is 2.17 bits per heavy atom. The van der Waals surface area contributed by atoms with Crippen molar-refractivity contribution >= 4 is 6.01 Å². The molecule has 1 aliphatic rings. The van der Waals surface area contributed by atoms with Crippen LogP contribution in [0.3, 0.4) is 0 Å². The lowest BCUT2D eigenvalue weighted by molar-refractivity contribution is 0.458. The van der Waals surface area contributed by atoms with Gasteiger partial charge in [-0.2, -0.15) is 0 Å². The standard InChI is InChI=1S/C13H24N4O/c1-10(2)8-14-9-12-16-17-13(18-12)15-7-3-4-11-5-6-11/h10-11,14H,3-9H2,1-2H3,(H,15,17). The second-order valence-electron chi connectivity index (χ2n) is 5.54. The zero-order chi connectivity index (χ0) is 12.8. The molecule has 1 heterocycles. The molecule has 5 nitrogen and oxygen atoms in total. The smallest absolute Gasteiger partial charge is 0.315 e. The maximum Gasteiger partial charge on any atom is 0.315 e. The highest BCUT2D eigenvalue weighted by molar-refractivity contribution is 5.16. The Balaban J connectivity index is 1.59. The molecular formula is C13H24N4O. The van der Waals surface area contributed by atoms with Gasteiger partial charge in [-0.05, 0) is 31.2 Å². The maximum absolute atomic E-state index is 5.49. The van der Waals surface area contributed by atoms with Crippen LogP contribution in [0.2, 0.25) is 0 Å². The van der Waals surface area contributed by atoms with E-state index in [1.54, 1.807) is 0 Å². The summed E-state index contributed by atoms with van der Waals surface area (Å²) in [7, 11) is 0. The lowest BCUT2D eigenvalue weighted by atomic mass is 10.2. The Labute approximate surface area is 109 Å². The molecule has 0 aliphatic heterocycles. The molecule has 102 valence electrons. The number of nitrogens with one attached hydrogen (secondary N) is 2. The predicted octanol–water partition coefficient (Wildman–Crippen LogP) is 2.42. The van der Waals surface area contributed by atoms with Gasteiger partial charge >= 0.3 is 6.01 Å². The van der Waals surface area contributed by atoms with Gasteiger partial charge in [-0.3, -0.25) is 0 Å². The fraction of sp³-hybridized carbons (Fsp3) is 0.846. The van der Waals surface area contributed by atoms with E-state index in [9.17, 15) is 0 Å². The minimum atomic E-state index is 0.548. The van der Waals surface area contributed by atoms with E-state index in [0.717, 1.165) is 19.0 Å². The van der Waals surface area contributed by atoms with E-state index in [4.69, 9.17) is 4.42 Å². The third-order valence-corrected chi connectivity index (χ3v) is 3.06. The number of hydrogen-bond donors (Lipinski definition) is 2. The molecule has 0 spiro atoms. The van der Waals surface area contributed by atoms with Crippen LogP contribution in [0.4, 0.5) is 6.01 Å². The summed E-state index contributed by atoms with van der Waals surface area (Å²) in [6, 6.07) is 0.548. The van der Waals surface area contributed by atoms with Gasteiger partial charge in [-0.15, -0.1) is 5.10 Å². The van der Waals surface area contributed by atoms with Crippen LogP contribution in [-0.2, 0) is 6.54 Å². The van der Waals surface area contributed by atoms with E-state index >= 15 is 0 Å². The highest BCUT2D eigenvalue weighted by Gasteiger charge is 2.20. The molecule has 1 fully saturated rings. The zero-order valence-electron chi connectivity index (χ0n) is 11.4. The summed E-state index contributed by atoms with van der Waals surface area (Å²) in [6.07, 6.45) is 5.36. The Kier molecular flexibility index (Phi) is 4.99. The molecule has 2 rings (SSSR count). The minimum absolute atomic E-state index is 0.548. The van der Waals surface area contributed by atoms with Crippen LogP contribution in [0.5, 0.6) is 0 Å². The van der Waals surface area contributed by atoms with E-state index in [1.165, 1.54) is 25.7 Å². The van der Waals surface area contributed by atoms with Crippen molar-refractivity contribution in [2.75, 3.05) is 18.4 Å². The third-order valence-electron chi connectivity index (χ3n) is 3.06. The van der Waals surface area contributed by atoms with Crippen molar-refractivity contribution in [3.63, 3.8) is 0 Å². The number of aromatic nitrogens is 2. The molecular weight excluding hydrogens is 228 g/mol. The summed E-state index contributed by atoms with van der Waals surface area (Å²) < 4.78 is 5.49. The second-order valence-corrected chi connectivity index (χ2v) is 5.54. The molecule has 18 heavy (non-hydrogen) atoms. The van der Waals surface area contributed by atoms with E-state index in [2.05, 4.69) is 34.7 Å². The molecule has 0 radical (unpaired) electrons. The van der Waals surface area contributed by atoms with Gasteiger partial charge in [0.25, 0.3) is 0 Å². The lowest BCUT2D eigenvalue weighted by Gasteiger charge is -2.03. The average Bonchev–Trinajstić information content (AvgIpc) is 3.04. The summed E-state index contributed by atoms with van der Waals surface area (Å²) in [5, 5.41) is 14.4. The SMILES string of the molecule is CC(C)CNCc1nnc(NCCCC2CC2)o1. The van der Waals surface area contributed by atoms with Crippen LogP contribution in [0.1, 0.15) is 45.4 Å². The van der Waals surface area contributed by atoms with E-state index in [-0.39, 0.29) is 0 Å². The summed E-state index contributed by atoms with van der Waals surface area (Å²) in [5.41, 5.74) is 0. The van der Waals surface area contributed by atoms with Gasteiger partial charge in [0.15, 0.2) is 0 Å². The summed E-state index contributed by atoms with van der Waals surface area (Å²) in [6.45, 7) is 6.89. The Morgan fingerprint density at radius 1 is 1.33 bits per heavy atom. The van der Waals surface area contributed by atoms with Crippen LogP contribution in [0, 0.1) is 11.8 Å². The number of nitrogens with zero attached hydrogens (tertiary/aromatic N) is 2. The van der Waals surface area contributed by atoms with Crippen molar-refractivity contribution in [3.8, 4) is 0 Å². The molecule has 0 amide bonds. The fourth-order valence-corrected chi connectivity index (χ4v) is 1.86. The monoisotopic (exact) mass is 252 g/mol. The van der Waals surface area contributed by atoms with Crippen molar-refractivity contribution < 1.29 is 4.42 Å². The van der Waals surface area contributed by atoms with Crippen molar-refractivity contribution in [1.29, 1.82) is 0 Å². The molecule has 5 heteroatoms. The highest BCUT2D eigenvalue weighted by Crippen LogP contribution is 2.33. The summed E-state index contributed by atoms with van der Waals surface area (Å²) >= 11 is 0. The molecule has 0 saturated heterocycles. The predicted molar refractivity (Wildman–Crippen MR) is 71.3 cm³/mol. The van der Waals surface area contributed by atoms with Crippen molar-refractivity contribution in [2.24, 2.45) is 11.8 Å². The fourth-order valence-electron chi connectivity index (χ4n) is 1.86. The Morgan fingerprint density at radius 3 is 2.89 bits per heavy atom. The quantitative estimate of drug-likeness (QED) is 0.661. The molecule has 1 aromatic heterocycles. The minimum Gasteiger partial charge on any atom is -0.407 e. The number of anilines is 1. The van der Waals surface area contributed by atoms with Gasteiger partial charge in [0, 0.05) is 6.54 Å². The summed E-state index contributed by atoms with van der Waals surface area (Å²) in [5.74, 6) is 2.28. The Bertz CT molecular complexity index is 347. The Hall–Kier alpha value is -1.10. The lowest BCUT2D eigenvalue weighted by Crippen LogP contribution is -2.19. The van der Waals surface area contributed by atoms with Gasteiger partial charge in [-0.25, -0.2) is 0 Å². The topological polar surface area (TPSA) is 63.0 Å². The molecule has 0 aromatic carbocycles. The first-order valence-electron chi connectivity index (χ1n) is 7.01. The van der Waals surface area contributed by atoms with Crippen LogP contribution >= 0.6 is 0 Å². The van der Waals surface area contributed by atoms with Crippen molar-refractivity contribution in [2.45, 2.75) is 46.1 Å². The largest absolute Gasteiger partial charge is 0.407 e.